The van der Waals surface area contributed by atoms with Crippen LogP contribution in [-0.4, -0.2) is 12.4 Å². The first-order chi connectivity index (χ1) is 6.22. The molecule has 1 rings (SSSR count). The molecule has 0 saturated heterocycles. The zero-order chi connectivity index (χ0) is 9.68. The van der Waals surface area contributed by atoms with Gasteiger partial charge in [-0.05, 0) is 24.1 Å². The van der Waals surface area contributed by atoms with Crippen LogP contribution in [0.5, 0.6) is 5.75 Å². The molecule has 3 nitrogen and oxygen atoms in total. The summed E-state index contributed by atoms with van der Waals surface area (Å²) in [5.74, 6) is 0.798. The highest BCUT2D eigenvalue weighted by atomic mass is 35.5. The first kappa shape index (κ1) is 12.8. The molecule has 0 atom stereocenters. The summed E-state index contributed by atoms with van der Waals surface area (Å²) in [6.45, 7) is 2.26. The lowest BCUT2D eigenvalue weighted by molar-refractivity contribution is 0.374. The van der Waals surface area contributed by atoms with E-state index in [0.29, 0.717) is 0 Å². The van der Waals surface area contributed by atoms with Gasteiger partial charge in [-0.3, -0.25) is 5.41 Å². The molecule has 0 spiro atoms. The van der Waals surface area contributed by atoms with E-state index in [4.69, 9.17) is 15.9 Å². The molecule has 1 aromatic rings. The molecule has 4 heteroatoms. The summed E-state index contributed by atoms with van der Waals surface area (Å²) in [5, 5.41) is 6.97. The van der Waals surface area contributed by atoms with E-state index in [1.165, 1.54) is 5.56 Å². The van der Waals surface area contributed by atoms with Gasteiger partial charge < -0.3 is 10.5 Å². The van der Waals surface area contributed by atoms with Crippen molar-refractivity contribution in [3.63, 3.8) is 0 Å². The monoisotopic (exact) mass is 214 g/mol. The number of nitrogens with one attached hydrogen (secondary N) is 1. The molecule has 0 heterocycles. The molecule has 0 aromatic heterocycles. The van der Waals surface area contributed by atoms with E-state index >= 15 is 0 Å². The van der Waals surface area contributed by atoms with Gasteiger partial charge in [0, 0.05) is 0 Å². The third kappa shape index (κ3) is 4.14. The summed E-state index contributed by atoms with van der Waals surface area (Å²) in [6, 6.07) is 7.80. The zero-order valence-electron chi connectivity index (χ0n) is 8.12. The maximum Gasteiger partial charge on any atom is 0.145 e. The Morgan fingerprint density at radius 2 is 1.93 bits per heavy atom. The number of hydrogen-bond acceptors (Lipinski definition) is 2. The van der Waals surface area contributed by atoms with Crippen molar-refractivity contribution in [3.8, 4) is 5.75 Å². The maximum absolute atomic E-state index is 6.97. The Labute approximate surface area is 90.2 Å². The van der Waals surface area contributed by atoms with E-state index in [9.17, 15) is 0 Å². The molecule has 3 N–H and O–H groups in total. The van der Waals surface area contributed by atoms with Crippen LogP contribution in [0.15, 0.2) is 24.3 Å². The van der Waals surface area contributed by atoms with Crippen molar-refractivity contribution in [2.24, 2.45) is 5.73 Å². The number of amidine groups is 1. The fourth-order valence-electron chi connectivity index (χ4n) is 0.982. The van der Waals surface area contributed by atoms with Crippen LogP contribution < -0.4 is 10.5 Å². The molecule has 0 amide bonds. The van der Waals surface area contributed by atoms with E-state index in [-0.39, 0.29) is 24.8 Å². The van der Waals surface area contributed by atoms with Crippen molar-refractivity contribution in [1.82, 2.24) is 0 Å². The quantitative estimate of drug-likeness (QED) is 0.595. The fourth-order valence-corrected chi connectivity index (χ4v) is 0.982. The molecule has 0 bridgehead atoms. The van der Waals surface area contributed by atoms with Crippen LogP contribution in [-0.2, 0) is 6.42 Å². The standard InChI is InChI=1S/C10H14N2O.ClH/c1-2-8-3-5-9(6-4-8)13-7-10(11)12;/h3-6H,2,7H2,1H3,(H3,11,12);1H. The van der Waals surface area contributed by atoms with Crippen molar-refractivity contribution >= 4 is 18.2 Å². The number of hydrogen-bond donors (Lipinski definition) is 2. The number of nitrogens with two attached hydrogens (primary N) is 1. The normalized spacial score (nSPS) is 8.93. The molecule has 0 radical (unpaired) electrons. The Balaban J connectivity index is 0.00000169. The summed E-state index contributed by atoms with van der Waals surface area (Å²) < 4.78 is 5.22. The summed E-state index contributed by atoms with van der Waals surface area (Å²) in [4.78, 5) is 0. The van der Waals surface area contributed by atoms with Crippen molar-refractivity contribution in [1.29, 1.82) is 5.41 Å². The molecule has 14 heavy (non-hydrogen) atoms. The molecule has 0 unspecified atom stereocenters. The average molecular weight is 215 g/mol. The van der Waals surface area contributed by atoms with E-state index in [1.54, 1.807) is 0 Å². The maximum atomic E-state index is 6.97. The molecule has 1 aromatic carbocycles. The molecule has 0 fully saturated rings. The van der Waals surface area contributed by atoms with Crippen molar-refractivity contribution < 1.29 is 4.74 Å². The highest BCUT2D eigenvalue weighted by Gasteiger charge is 1.94. The van der Waals surface area contributed by atoms with Crippen LogP contribution in [0, 0.1) is 5.41 Å². The van der Waals surface area contributed by atoms with Gasteiger partial charge in [-0.15, -0.1) is 12.4 Å². The second-order valence-corrected chi connectivity index (χ2v) is 2.81. The SMILES string of the molecule is CCc1ccc(OCC(=N)N)cc1.Cl. The van der Waals surface area contributed by atoms with Crippen LogP contribution in [0.2, 0.25) is 0 Å². The van der Waals surface area contributed by atoms with Crippen LogP contribution in [0.25, 0.3) is 0 Å². The lowest BCUT2D eigenvalue weighted by atomic mass is 10.2. The van der Waals surface area contributed by atoms with Crippen LogP contribution in [0.4, 0.5) is 0 Å². The van der Waals surface area contributed by atoms with Gasteiger partial charge in [-0.2, -0.15) is 0 Å². The van der Waals surface area contributed by atoms with Gasteiger partial charge in [0.05, 0.1) is 0 Å². The lowest BCUT2D eigenvalue weighted by Gasteiger charge is -2.04. The minimum atomic E-state index is 0. The molecular weight excluding hydrogens is 200 g/mol. The molecular formula is C10H15ClN2O. The number of ether oxygens (including phenoxy) is 1. The van der Waals surface area contributed by atoms with Gasteiger partial charge in [-0.25, -0.2) is 0 Å². The lowest BCUT2D eigenvalue weighted by Crippen LogP contribution is -2.19. The van der Waals surface area contributed by atoms with E-state index in [1.807, 2.05) is 24.3 Å². The Kier molecular flexibility index (Phi) is 5.72. The summed E-state index contributed by atoms with van der Waals surface area (Å²) in [7, 11) is 0. The van der Waals surface area contributed by atoms with Gasteiger partial charge in [0.25, 0.3) is 0 Å². The molecule has 78 valence electrons. The zero-order valence-corrected chi connectivity index (χ0v) is 8.93. The van der Waals surface area contributed by atoms with Crippen LogP contribution >= 0.6 is 12.4 Å². The first-order valence-electron chi connectivity index (χ1n) is 4.27. The topological polar surface area (TPSA) is 59.1 Å². The van der Waals surface area contributed by atoms with E-state index < -0.39 is 0 Å². The Hall–Kier alpha value is -1.22. The van der Waals surface area contributed by atoms with Crippen molar-refractivity contribution in [2.75, 3.05) is 6.61 Å². The number of rotatable bonds is 4. The first-order valence-corrected chi connectivity index (χ1v) is 4.27. The van der Waals surface area contributed by atoms with E-state index in [2.05, 4.69) is 6.92 Å². The second-order valence-electron chi connectivity index (χ2n) is 2.81. The van der Waals surface area contributed by atoms with Crippen LogP contribution in [0.3, 0.4) is 0 Å². The van der Waals surface area contributed by atoms with Crippen LogP contribution in [0.1, 0.15) is 12.5 Å². The van der Waals surface area contributed by atoms with Gasteiger partial charge in [0.1, 0.15) is 18.2 Å². The van der Waals surface area contributed by atoms with E-state index in [0.717, 1.165) is 12.2 Å². The van der Waals surface area contributed by atoms with Crippen molar-refractivity contribution in [2.45, 2.75) is 13.3 Å². The van der Waals surface area contributed by atoms with Gasteiger partial charge >= 0.3 is 0 Å². The largest absolute Gasteiger partial charge is 0.486 e. The average Bonchev–Trinajstić information content (AvgIpc) is 2.15. The minimum absolute atomic E-state index is 0. The number of aryl methyl sites for hydroxylation is 1. The second kappa shape index (κ2) is 6.27. The van der Waals surface area contributed by atoms with Gasteiger partial charge in [0.15, 0.2) is 0 Å². The predicted octanol–water partition coefficient (Wildman–Crippen LogP) is 1.99. The molecule has 0 saturated carbocycles. The van der Waals surface area contributed by atoms with Gasteiger partial charge in [0.2, 0.25) is 0 Å². The molecule has 0 aliphatic carbocycles. The molecule has 0 aliphatic rings. The summed E-state index contributed by atoms with van der Waals surface area (Å²) in [5.41, 5.74) is 6.43. The smallest absolute Gasteiger partial charge is 0.145 e. The summed E-state index contributed by atoms with van der Waals surface area (Å²) >= 11 is 0. The third-order valence-corrected chi connectivity index (χ3v) is 1.73. The predicted molar refractivity (Wildman–Crippen MR) is 60.5 cm³/mol. The minimum Gasteiger partial charge on any atom is -0.486 e. The Bertz CT molecular complexity index is 285. The number of benzene rings is 1. The fraction of sp³-hybridized carbons (Fsp3) is 0.300. The third-order valence-electron chi connectivity index (χ3n) is 1.73. The number of halogens is 1. The highest BCUT2D eigenvalue weighted by Crippen LogP contribution is 2.11. The molecule has 0 aliphatic heterocycles. The van der Waals surface area contributed by atoms with Crippen molar-refractivity contribution in [3.05, 3.63) is 29.8 Å². The Morgan fingerprint density at radius 3 is 2.36 bits per heavy atom. The Morgan fingerprint density at radius 1 is 1.36 bits per heavy atom. The highest BCUT2D eigenvalue weighted by molar-refractivity contribution is 5.85. The summed E-state index contributed by atoms with van der Waals surface area (Å²) in [6.07, 6.45) is 1.02. The van der Waals surface area contributed by atoms with Gasteiger partial charge in [-0.1, -0.05) is 19.1 Å².